The van der Waals surface area contributed by atoms with Gasteiger partial charge < -0.3 is 16.4 Å². The summed E-state index contributed by atoms with van der Waals surface area (Å²) in [6, 6.07) is 0.366. The molecule has 2 atom stereocenters. The van der Waals surface area contributed by atoms with Crippen molar-refractivity contribution in [2.75, 3.05) is 26.2 Å². The van der Waals surface area contributed by atoms with Crippen molar-refractivity contribution in [2.45, 2.75) is 19.4 Å². The molecule has 0 amide bonds. The van der Waals surface area contributed by atoms with Gasteiger partial charge in [-0.25, -0.2) is 0 Å². The van der Waals surface area contributed by atoms with Crippen molar-refractivity contribution in [3.8, 4) is 0 Å². The molecule has 1 rings (SSSR count). The van der Waals surface area contributed by atoms with Crippen LogP contribution in [-0.2, 0) is 0 Å². The van der Waals surface area contributed by atoms with Gasteiger partial charge in [-0.15, -0.1) is 0 Å². The summed E-state index contributed by atoms with van der Waals surface area (Å²) in [6.07, 6.45) is 1.17. The Hall–Kier alpha value is -0.120. The van der Waals surface area contributed by atoms with E-state index in [1.165, 1.54) is 13.0 Å². The second kappa shape index (κ2) is 4.04. The highest BCUT2D eigenvalue weighted by molar-refractivity contribution is 4.78. The van der Waals surface area contributed by atoms with E-state index in [1.54, 1.807) is 0 Å². The number of piperidine rings is 1. The average molecular weight is 157 g/mol. The van der Waals surface area contributed by atoms with E-state index in [0.717, 1.165) is 25.6 Å². The highest BCUT2D eigenvalue weighted by Gasteiger charge is 2.20. The minimum atomic E-state index is 0.366. The van der Waals surface area contributed by atoms with Crippen LogP contribution >= 0.6 is 0 Å². The van der Waals surface area contributed by atoms with Crippen LogP contribution in [0.15, 0.2) is 0 Å². The Morgan fingerprint density at radius 2 is 2.18 bits per heavy atom. The van der Waals surface area contributed by atoms with E-state index < -0.39 is 0 Å². The molecule has 1 heterocycles. The molecule has 0 aromatic heterocycles. The lowest BCUT2D eigenvalue weighted by atomic mass is 9.97. The van der Waals surface area contributed by atoms with Gasteiger partial charge in [0, 0.05) is 32.2 Å². The first kappa shape index (κ1) is 8.97. The normalized spacial score (nSPS) is 34.1. The van der Waals surface area contributed by atoms with Crippen LogP contribution in [0.1, 0.15) is 13.3 Å². The lowest BCUT2D eigenvalue weighted by Crippen LogP contribution is -2.47. The minimum absolute atomic E-state index is 0.366. The number of rotatable bonds is 2. The molecule has 1 aliphatic heterocycles. The Morgan fingerprint density at radius 3 is 2.73 bits per heavy atom. The Balaban J connectivity index is 2.30. The smallest absolute Gasteiger partial charge is 0.0170 e. The molecule has 1 saturated heterocycles. The van der Waals surface area contributed by atoms with Crippen molar-refractivity contribution in [3.05, 3.63) is 0 Å². The van der Waals surface area contributed by atoms with Crippen LogP contribution in [0.3, 0.4) is 0 Å². The van der Waals surface area contributed by atoms with Crippen molar-refractivity contribution in [1.82, 2.24) is 4.90 Å². The fourth-order valence-electron chi connectivity index (χ4n) is 1.88. The standard InChI is InChI=1S/C8H19N3/c1-7-4-8(10)6-11(5-7)3-2-9/h7-8H,2-6,9-10H2,1H3. The molecule has 0 saturated carbocycles. The summed E-state index contributed by atoms with van der Waals surface area (Å²) in [5.41, 5.74) is 11.3. The molecule has 11 heavy (non-hydrogen) atoms. The van der Waals surface area contributed by atoms with Crippen molar-refractivity contribution < 1.29 is 0 Å². The van der Waals surface area contributed by atoms with Crippen LogP contribution in [0.2, 0.25) is 0 Å². The van der Waals surface area contributed by atoms with Crippen molar-refractivity contribution in [1.29, 1.82) is 0 Å². The highest BCUT2D eigenvalue weighted by Crippen LogP contribution is 2.13. The van der Waals surface area contributed by atoms with Gasteiger partial charge in [-0.3, -0.25) is 0 Å². The molecular weight excluding hydrogens is 138 g/mol. The molecule has 0 radical (unpaired) electrons. The second-order valence-electron chi connectivity index (χ2n) is 3.65. The fourth-order valence-corrected chi connectivity index (χ4v) is 1.88. The molecule has 1 fully saturated rings. The zero-order valence-electron chi connectivity index (χ0n) is 7.29. The first-order valence-electron chi connectivity index (χ1n) is 4.40. The third kappa shape index (κ3) is 2.77. The van der Waals surface area contributed by atoms with Crippen molar-refractivity contribution in [2.24, 2.45) is 17.4 Å². The summed E-state index contributed by atoms with van der Waals surface area (Å²) in [7, 11) is 0. The molecule has 2 unspecified atom stereocenters. The van der Waals surface area contributed by atoms with Gasteiger partial charge in [0.25, 0.3) is 0 Å². The molecular formula is C8H19N3. The van der Waals surface area contributed by atoms with Crippen LogP contribution in [0.4, 0.5) is 0 Å². The Kier molecular flexibility index (Phi) is 3.30. The zero-order valence-corrected chi connectivity index (χ0v) is 7.29. The molecule has 1 aliphatic rings. The topological polar surface area (TPSA) is 55.3 Å². The van der Waals surface area contributed by atoms with Gasteiger partial charge in [-0.2, -0.15) is 0 Å². The maximum Gasteiger partial charge on any atom is 0.0170 e. The molecule has 0 aromatic rings. The van der Waals surface area contributed by atoms with E-state index in [-0.39, 0.29) is 0 Å². The number of likely N-dealkylation sites (tertiary alicyclic amines) is 1. The van der Waals surface area contributed by atoms with Gasteiger partial charge in [0.2, 0.25) is 0 Å². The summed E-state index contributed by atoms with van der Waals surface area (Å²) in [4.78, 5) is 2.36. The van der Waals surface area contributed by atoms with Crippen LogP contribution in [0.5, 0.6) is 0 Å². The van der Waals surface area contributed by atoms with Crippen LogP contribution < -0.4 is 11.5 Å². The van der Waals surface area contributed by atoms with Gasteiger partial charge in [-0.1, -0.05) is 6.92 Å². The van der Waals surface area contributed by atoms with Crippen LogP contribution in [0.25, 0.3) is 0 Å². The van der Waals surface area contributed by atoms with E-state index in [2.05, 4.69) is 11.8 Å². The van der Waals surface area contributed by atoms with Gasteiger partial charge in [0.15, 0.2) is 0 Å². The summed E-state index contributed by atoms with van der Waals surface area (Å²) in [5, 5.41) is 0. The quantitative estimate of drug-likeness (QED) is 0.574. The third-order valence-corrected chi connectivity index (χ3v) is 2.21. The van der Waals surface area contributed by atoms with Gasteiger partial charge in [0.05, 0.1) is 0 Å². The third-order valence-electron chi connectivity index (χ3n) is 2.21. The fraction of sp³-hybridized carbons (Fsp3) is 1.00. The molecule has 0 bridgehead atoms. The predicted molar refractivity (Wildman–Crippen MR) is 47.3 cm³/mol. The van der Waals surface area contributed by atoms with Crippen LogP contribution in [-0.4, -0.2) is 37.1 Å². The minimum Gasteiger partial charge on any atom is -0.329 e. The Labute approximate surface area is 68.7 Å². The van der Waals surface area contributed by atoms with Crippen molar-refractivity contribution in [3.63, 3.8) is 0 Å². The van der Waals surface area contributed by atoms with Crippen LogP contribution in [0, 0.1) is 5.92 Å². The Morgan fingerprint density at radius 1 is 1.45 bits per heavy atom. The zero-order chi connectivity index (χ0) is 8.27. The largest absolute Gasteiger partial charge is 0.329 e. The van der Waals surface area contributed by atoms with Gasteiger partial charge in [0.1, 0.15) is 0 Å². The summed E-state index contributed by atoms with van der Waals surface area (Å²) in [6.45, 7) is 6.20. The monoisotopic (exact) mass is 157 g/mol. The average Bonchev–Trinajstić information content (AvgIpc) is 1.85. The first-order chi connectivity index (χ1) is 5.22. The second-order valence-corrected chi connectivity index (χ2v) is 3.65. The van der Waals surface area contributed by atoms with E-state index in [4.69, 9.17) is 11.5 Å². The molecule has 0 aliphatic carbocycles. The molecule has 3 nitrogen and oxygen atoms in total. The van der Waals surface area contributed by atoms with E-state index in [9.17, 15) is 0 Å². The summed E-state index contributed by atoms with van der Waals surface area (Å²) >= 11 is 0. The molecule has 66 valence electrons. The predicted octanol–water partition coefficient (Wildman–Crippen LogP) is -0.386. The number of hydrogen-bond donors (Lipinski definition) is 2. The number of nitrogens with zero attached hydrogens (tertiary/aromatic N) is 1. The number of hydrogen-bond acceptors (Lipinski definition) is 3. The summed E-state index contributed by atoms with van der Waals surface area (Å²) in [5.74, 6) is 0.741. The van der Waals surface area contributed by atoms with Gasteiger partial charge >= 0.3 is 0 Å². The maximum absolute atomic E-state index is 5.86. The lowest BCUT2D eigenvalue weighted by Gasteiger charge is -2.34. The molecule has 4 N–H and O–H groups in total. The van der Waals surface area contributed by atoms with Crippen molar-refractivity contribution >= 4 is 0 Å². The maximum atomic E-state index is 5.86. The SMILES string of the molecule is CC1CC(N)CN(CCN)C1. The van der Waals surface area contributed by atoms with E-state index in [0.29, 0.717) is 6.04 Å². The summed E-state index contributed by atoms with van der Waals surface area (Å²) < 4.78 is 0. The molecule has 0 aromatic carbocycles. The van der Waals surface area contributed by atoms with Gasteiger partial charge in [-0.05, 0) is 12.3 Å². The molecule has 0 spiro atoms. The number of nitrogens with two attached hydrogens (primary N) is 2. The van der Waals surface area contributed by atoms with E-state index >= 15 is 0 Å². The van der Waals surface area contributed by atoms with E-state index in [1.807, 2.05) is 0 Å². The Bertz CT molecular complexity index is 106. The lowest BCUT2D eigenvalue weighted by molar-refractivity contribution is 0.169. The molecule has 3 heteroatoms. The highest BCUT2D eigenvalue weighted by atomic mass is 15.2. The first-order valence-corrected chi connectivity index (χ1v) is 4.40.